The number of rotatable bonds is 1. The molecule has 0 unspecified atom stereocenters. The van der Waals surface area contributed by atoms with E-state index in [4.69, 9.17) is 4.74 Å². The summed E-state index contributed by atoms with van der Waals surface area (Å²) in [6, 6.07) is 5.79. The van der Waals surface area contributed by atoms with Gasteiger partial charge in [0.2, 0.25) is 0 Å². The van der Waals surface area contributed by atoms with Gasteiger partial charge < -0.3 is 4.74 Å². The molecule has 5 heteroatoms. The summed E-state index contributed by atoms with van der Waals surface area (Å²) in [6.45, 7) is 5.58. The number of hydrogen-bond acceptors (Lipinski definition) is 2. The van der Waals surface area contributed by atoms with Gasteiger partial charge >= 0.3 is 6.09 Å². The quantitative estimate of drug-likeness (QED) is 0.637. The molecule has 0 bridgehead atoms. The van der Waals surface area contributed by atoms with Crippen LogP contribution in [0.3, 0.4) is 0 Å². The molecular formula is C14H15Br2NO2. The average Bonchev–Trinajstić information content (AvgIpc) is 2.67. The smallest absolute Gasteiger partial charge is 0.419 e. The van der Waals surface area contributed by atoms with Crippen molar-refractivity contribution < 1.29 is 9.53 Å². The molecule has 2 aromatic rings. The zero-order valence-electron chi connectivity index (χ0n) is 11.0. The number of halogens is 2. The fourth-order valence-electron chi connectivity index (χ4n) is 1.88. The predicted molar refractivity (Wildman–Crippen MR) is 83.9 cm³/mol. The Morgan fingerprint density at radius 2 is 2.05 bits per heavy atom. The van der Waals surface area contributed by atoms with Crippen LogP contribution in [0.4, 0.5) is 4.79 Å². The number of benzene rings is 1. The molecule has 0 amide bonds. The van der Waals surface area contributed by atoms with Crippen LogP contribution in [-0.4, -0.2) is 16.3 Å². The molecule has 0 atom stereocenters. The molecule has 0 saturated heterocycles. The van der Waals surface area contributed by atoms with Crippen molar-refractivity contribution in [2.45, 2.75) is 31.7 Å². The van der Waals surface area contributed by atoms with E-state index >= 15 is 0 Å². The van der Waals surface area contributed by atoms with Crippen molar-refractivity contribution >= 4 is 48.9 Å². The van der Waals surface area contributed by atoms with E-state index in [0.717, 1.165) is 20.9 Å². The molecule has 19 heavy (non-hydrogen) atoms. The van der Waals surface area contributed by atoms with Crippen LogP contribution in [0.15, 0.2) is 28.9 Å². The Morgan fingerprint density at radius 1 is 1.37 bits per heavy atom. The van der Waals surface area contributed by atoms with Crippen molar-refractivity contribution in [3.8, 4) is 0 Å². The number of carbonyl (C=O) groups is 1. The average molecular weight is 389 g/mol. The maximum Gasteiger partial charge on any atom is 0.419 e. The van der Waals surface area contributed by atoms with Crippen LogP contribution in [-0.2, 0) is 10.1 Å². The van der Waals surface area contributed by atoms with Crippen LogP contribution in [0.5, 0.6) is 0 Å². The third-order valence-electron chi connectivity index (χ3n) is 2.59. The molecule has 0 radical (unpaired) electrons. The van der Waals surface area contributed by atoms with Crippen LogP contribution >= 0.6 is 31.9 Å². The minimum Gasteiger partial charge on any atom is -0.443 e. The lowest BCUT2D eigenvalue weighted by atomic mass is 10.2. The molecule has 1 aromatic carbocycles. The van der Waals surface area contributed by atoms with Crippen molar-refractivity contribution in [3.05, 3.63) is 34.4 Å². The molecule has 0 fully saturated rings. The Kier molecular flexibility index (Phi) is 4.06. The van der Waals surface area contributed by atoms with Gasteiger partial charge in [0.15, 0.2) is 0 Å². The maximum absolute atomic E-state index is 12.2. The lowest BCUT2D eigenvalue weighted by Gasteiger charge is -2.19. The Labute approximate surface area is 129 Å². The number of alkyl halides is 1. The number of aromatic nitrogens is 1. The Balaban J connectivity index is 2.56. The minimum absolute atomic E-state index is 0.359. The summed E-state index contributed by atoms with van der Waals surface area (Å²) >= 11 is 6.98. The van der Waals surface area contributed by atoms with Gasteiger partial charge in [0.05, 0.1) is 5.52 Å². The molecule has 0 aliphatic heterocycles. The molecule has 1 aromatic heterocycles. The number of ether oxygens (including phenoxy) is 1. The number of carbonyl (C=O) groups excluding carboxylic acids is 1. The number of fused-ring (bicyclic) bond motifs is 1. The standard InChI is InChI=1S/C14H15Br2NO2/c1-14(2,3)19-13(18)17-8-9(7-15)12-10(16)5-4-6-11(12)17/h4-6,8H,7H2,1-3H3. The first-order valence-electron chi connectivity index (χ1n) is 5.91. The normalized spacial score (nSPS) is 11.8. The van der Waals surface area contributed by atoms with E-state index in [9.17, 15) is 4.79 Å². The molecule has 1 heterocycles. The van der Waals surface area contributed by atoms with E-state index in [0.29, 0.717) is 5.33 Å². The van der Waals surface area contributed by atoms with E-state index in [-0.39, 0.29) is 6.09 Å². The molecule has 0 aliphatic carbocycles. The lowest BCUT2D eigenvalue weighted by molar-refractivity contribution is 0.0544. The summed E-state index contributed by atoms with van der Waals surface area (Å²) in [7, 11) is 0. The topological polar surface area (TPSA) is 31.2 Å². The molecule has 0 spiro atoms. The van der Waals surface area contributed by atoms with E-state index in [1.807, 2.05) is 45.2 Å². The fraction of sp³-hybridized carbons (Fsp3) is 0.357. The third kappa shape index (κ3) is 3.03. The van der Waals surface area contributed by atoms with Crippen molar-refractivity contribution in [1.29, 1.82) is 0 Å². The highest BCUT2D eigenvalue weighted by Crippen LogP contribution is 2.30. The first kappa shape index (κ1) is 14.6. The highest BCUT2D eigenvalue weighted by Gasteiger charge is 2.21. The molecular weight excluding hydrogens is 374 g/mol. The first-order valence-corrected chi connectivity index (χ1v) is 7.82. The van der Waals surface area contributed by atoms with E-state index in [2.05, 4.69) is 31.9 Å². The summed E-state index contributed by atoms with van der Waals surface area (Å²) in [5.74, 6) is 0. The summed E-state index contributed by atoms with van der Waals surface area (Å²) < 4.78 is 7.95. The van der Waals surface area contributed by atoms with Crippen molar-refractivity contribution in [1.82, 2.24) is 4.57 Å². The molecule has 2 rings (SSSR count). The second-order valence-electron chi connectivity index (χ2n) is 5.27. The van der Waals surface area contributed by atoms with Gasteiger partial charge in [-0.15, -0.1) is 0 Å². The van der Waals surface area contributed by atoms with Crippen LogP contribution in [0.1, 0.15) is 26.3 Å². The Bertz CT molecular complexity index is 626. The largest absolute Gasteiger partial charge is 0.443 e. The Morgan fingerprint density at radius 3 is 2.63 bits per heavy atom. The molecule has 3 nitrogen and oxygen atoms in total. The van der Waals surface area contributed by atoms with Gasteiger partial charge in [0, 0.05) is 21.4 Å². The SMILES string of the molecule is CC(C)(C)OC(=O)n1cc(CBr)c2c(Br)cccc21. The van der Waals surface area contributed by atoms with Crippen LogP contribution in [0.25, 0.3) is 10.9 Å². The zero-order valence-corrected chi connectivity index (χ0v) is 14.2. The second kappa shape index (κ2) is 5.29. The molecule has 0 saturated carbocycles. The summed E-state index contributed by atoms with van der Waals surface area (Å²) in [6.07, 6.45) is 1.46. The van der Waals surface area contributed by atoms with Crippen LogP contribution in [0.2, 0.25) is 0 Å². The van der Waals surface area contributed by atoms with Crippen molar-refractivity contribution in [2.75, 3.05) is 0 Å². The van der Waals surface area contributed by atoms with Crippen molar-refractivity contribution in [3.63, 3.8) is 0 Å². The summed E-state index contributed by atoms with van der Waals surface area (Å²) in [4.78, 5) is 12.2. The predicted octanol–water partition coefficient (Wildman–Crippen LogP) is 5.08. The van der Waals surface area contributed by atoms with Gasteiger partial charge in [0.1, 0.15) is 5.60 Å². The molecule has 102 valence electrons. The maximum atomic E-state index is 12.2. The summed E-state index contributed by atoms with van der Waals surface area (Å²) in [5, 5.41) is 1.72. The highest BCUT2D eigenvalue weighted by atomic mass is 79.9. The number of hydrogen-bond donors (Lipinski definition) is 0. The van der Waals surface area contributed by atoms with Crippen molar-refractivity contribution in [2.24, 2.45) is 0 Å². The second-order valence-corrected chi connectivity index (χ2v) is 6.69. The highest BCUT2D eigenvalue weighted by molar-refractivity contribution is 9.10. The third-order valence-corrected chi connectivity index (χ3v) is 3.86. The Hall–Kier alpha value is -0.810. The van der Waals surface area contributed by atoms with Gasteiger partial charge in [-0.05, 0) is 38.5 Å². The van der Waals surface area contributed by atoms with Gasteiger partial charge in [-0.25, -0.2) is 4.79 Å². The first-order chi connectivity index (χ1) is 8.83. The molecule has 0 N–H and O–H groups in total. The van der Waals surface area contributed by atoms with E-state index in [1.54, 1.807) is 4.57 Å². The van der Waals surface area contributed by atoms with Crippen LogP contribution < -0.4 is 0 Å². The molecule has 0 aliphatic rings. The fourth-order valence-corrected chi connectivity index (χ4v) is 2.92. The minimum atomic E-state index is -0.506. The van der Waals surface area contributed by atoms with Gasteiger partial charge in [-0.3, -0.25) is 4.57 Å². The van der Waals surface area contributed by atoms with Gasteiger partial charge in [-0.2, -0.15) is 0 Å². The monoisotopic (exact) mass is 387 g/mol. The van der Waals surface area contributed by atoms with E-state index in [1.165, 1.54) is 0 Å². The summed E-state index contributed by atoms with van der Waals surface area (Å²) in [5.41, 5.74) is 1.39. The van der Waals surface area contributed by atoms with Gasteiger partial charge in [0.25, 0.3) is 0 Å². The van der Waals surface area contributed by atoms with Gasteiger partial charge in [-0.1, -0.05) is 37.9 Å². The number of nitrogens with zero attached hydrogens (tertiary/aromatic N) is 1. The van der Waals surface area contributed by atoms with E-state index < -0.39 is 5.60 Å². The lowest BCUT2D eigenvalue weighted by Crippen LogP contribution is -2.26. The zero-order chi connectivity index (χ0) is 14.2. The van der Waals surface area contributed by atoms with Crippen LogP contribution in [0, 0.1) is 0 Å².